The molecule has 2 heterocycles. The number of benzene rings is 1. The first kappa shape index (κ1) is 17.6. The van der Waals surface area contributed by atoms with Crippen LogP contribution in [0, 0.1) is 0 Å². The van der Waals surface area contributed by atoms with Gasteiger partial charge in [0.05, 0.1) is 11.8 Å². The molecule has 0 amide bonds. The highest BCUT2D eigenvalue weighted by Gasteiger charge is 2.33. The minimum absolute atomic E-state index is 0.0602. The first-order chi connectivity index (χ1) is 12.3. The quantitative estimate of drug-likeness (QED) is 0.537. The van der Waals surface area contributed by atoms with Gasteiger partial charge in [0.25, 0.3) is 5.78 Å². The Bertz CT molecular complexity index is 930. The van der Waals surface area contributed by atoms with Gasteiger partial charge in [0.2, 0.25) is 5.78 Å². The van der Waals surface area contributed by atoms with Gasteiger partial charge in [0.15, 0.2) is 5.82 Å². The van der Waals surface area contributed by atoms with Gasteiger partial charge in [-0.3, -0.25) is 14.7 Å². The van der Waals surface area contributed by atoms with Crippen LogP contribution in [0.5, 0.6) is 0 Å². The van der Waals surface area contributed by atoms with Gasteiger partial charge >= 0.3 is 6.18 Å². The number of halogens is 3. The van der Waals surface area contributed by atoms with Gasteiger partial charge in [-0.25, -0.2) is 4.98 Å². The van der Waals surface area contributed by atoms with Gasteiger partial charge in [-0.05, 0) is 23.3 Å². The van der Waals surface area contributed by atoms with E-state index in [1.54, 1.807) is 0 Å². The normalized spacial score (nSPS) is 11.5. The number of nitrogens with zero attached hydrogens (tertiary/aromatic N) is 2. The fourth-order valence-electron chi connectivity index (χ4n) is 2.46. The number of hydrogen-bond donors (Lipinski definition) is 1. The summed E-state index contributed by atoms with van der Waals surface area (Å²) in [5.41, 5.74) is -0.290. The van der Waals surface area contributed by atoms with Crippen molar-refractivity contribution in [3.63, 3.8) is 0 Å². The Morgan fingerprint density at radius 3 is 2.65 bits per heavy atom. The predicted molar refractivity (Wildman–Crippen MR) is 82.4 cm³/mol. The highest BCUT2D eigenvalue weighted by atomic mass is 19.4. The number of furan rings is 1. The average Bonchev–Trinajstić information content (AvgIpc) is 3.26. The number of hydrogen-bond acceptors (Lipinski definition) is 5. The smallest absolute Gasteiger partial charge is 0.416 e. The van der Waals surface area contributed by atoms with Crippen molar-refractivity contribution in [3.05, 3.63) is 71.2 Å². The fourth-order valence-corrected chi connectivity index (χ4v) is 2.46. The lowest BCUT2D eigenvalue weighted by Gasteiger charge is -2.11. The minimum atomic E-state index is -4.47. The molecule has 3 aromatic rings. The molecular formula is C17H12F3N3O3. The number of nitrogens with one attached hydrogen (secondary N) is 1. The van der Waals surface area contributed by atoms with Crippen molar-refractivity contribution in [1.82, 2.24) is 15.2 Å². The molecule has 3 rings (SSSR count). The lowest BCUT2D eigenvalue weighted by Crippen LogP contribution is -2.17. The van der Waals surface area contributed by atoms with E-state index in [1.807, 2.05) is 0 Å². The zero-order valence-electron chi connectivity index (χ0n) is 13.2. The third-order valence-electron chi connectivity index (χ3n) is 3.64. The highest BCUT2D eigenvalue weighted by Crippen LogP contribution is 2.33. The summed E-state index contributed by atoms with van der Waals surface area (Å²) in [4.78, 5) is 27.4. The Hall–Kier alpha value is -3.23. The number of carbonyl (C=O) groups excluding carboxylic acids is 2. The third kappa shape index (κ3) is 3.88. The van der Waals surface area contributed by atoms with E-state index < -0.39 is 23.3 Å². The van der Waals surface area contributed by atoms with Crippen LogP contribution in [0.4, 0.5) is 13.2 Å². The van der Waals surface area contributed by atoms with E-state index in [0.29, 0.717) is 5.56 Å². The number of alkyl halides is 3. The van der Waals surface area contributed by atoms with Crippen LogP contribution in [-0.4, -0.2) is 26.7 Å². The van der Waals surface area contributed by atoms with Gasteiger partial charge in [-0.1, -0.05) is 18.2 Å². The van der Waals surface area contributed by atoms with Crippen LogP contribution in [0.25, 0.3) is 0 Å². The number of H-pyrrole nitrogens is 1. The molecule has 26 heavy (non-hydrogen) atoms. The van der Waals surface area contributed by atoms with Crippen LogP contribution in [0.1, 0.15) is 33.1 Å². The molecule has 0 unspecified atom stereocenters. The van der Waals surface area contributed by atoms with E-state index >= 15 is 0 Å². The van der Waals surface area contributed by atoms with E-state index in [-0.39, 0.29) is 30.0 Å². The molecule has 0 radical (unpaired) electrons. The van der Waals surface area contributed by atoms with Crippen molar-refractivity contribution in [3.8, 4) is 0 Å². The van der Waals surface area contributed by atoms with E-state index in [1.165, 1.54) is 30.5 Å². The Balaban J connectivity index is 1.71. The van der Waals surface area contributed by atoms with Crippen molar-refractivity contribution >= 4 is 11.6 Å². The summed E-state index contributed by atoms with van der Waals surface area (Å²) in [6.07, 6.45) is -2.44. The lowest BCUT2D eigenvalue weighted by atomic mass is 10.0. The molecule has 1 aromatic carbocycles. The molecule has 0 fully saturated rings. The van der Waals surface area contributed by atoms with E-state index in [9.17, 15) is 22.8 Å². The molecule has 0 saturated carbocycles. The maximum atomic E-state index is 13.0. The van der Waals surface area contributed by atoms with Crippen molar-refractivity contribution < 1.29 is 27.2 Å². The second-order valence-electron chi connectivity index (χ2n) is 5.52. The number of Topliss-reactive ketones (excluding diaryl/α,β-unsaturated/α-hetero) is 2. The summed E-state index contributed by atoms with van der Waals surface area (Å²) in [7, 11) is 0. The Kier molecular flexibility index (Phi) is 4.70. The molecule has 0 aliphatic rings. The number of ketones is 2. The highest BCUT2D eigenvalue weighted by molar-refractivity contribution is 6.43. The first-order valence-electron chi connectivity index (χ1n) is 7.49. The van der Waals surface area contributed by atoms with E-state index in [0.717, 1.165) is 12.4 Å². The Morgan fingerprint density at radius 2 is 1.96 bits per heavy atom. The molecule has 0 saturated heterocycles. The summed E-state index contributed by atoms with van der Waals surface area (Å²) in [6.45, 7) is 0. The van der Waals surface area contributed by atoms with Crippen LogP contribution >= 0.6 is 0 Å². The first-order valence-corrected chi connectivity index (χ1v) is 7.49. The fraction of sp³-hybridized carbons (Fsp3) is 0.176. The van der Waals surface area contributed by atoms with Gasteiger partial charge in [0, 0.05) is 12.8 Å². The van der Waals surface area contributed by atoms with Gasteiger partial charge < -0.3 is 4.42 Å². The molecule has 1 N–H and O–H groups in total. The van der Waals surface area contributed by atoms with Crippen LogP contribution in [0.3, 0.4) is 0 Å². The summed E-state index contributed by atoms with van der Waals surface area (Å²) in [5.74, 6) is -1.47. The van der Waals surface area contributed by atoms with Crippen molar-refractivity contribution in [2.75, 3.05) is 0 Å². The summed E-state index contributed by atoms with van der Waals surface area (Å²) < 4.78 is 44.3. The zero-order valence-corrected chi connectivity index (χ0v) is 13.2. The minimum Gasteiger partial charge on any atom is -0.469 e. The molecule has 0 spiro atoms. The standard InChI is InChI=1S/C17H12F3N3O3/c18-17(19,20)13-4-2-1-3-11(13)7-12-5-10(8-26-12)6-14(24)15(25)16-21-9-22-23-16/h1-5,8-9H,6-7H2,(H,21,22,23). The van der Waals surface area contributed by atoms with Gasteiger partial charge in [-0.15, -0.1) is 0 Å². The Labute approximate surface area is 145 Å². The predicted octanol–water partition coefficient (Wildman–Crippen LogP) is 3.00. The molecule has 0 bridgehead atoms. The Morgan fingerprint density at radius 1 is 1.19 bits per heavy atom. The molecule has 2 aromatic heterocycles. The van der Waals surface area contributed by atoms with Crippen LogP contribution in [-0.2, 0) is 23.8 Å². The zero-order chi connectivity index (χ0) is 18.7. The van der Waals surface area contributed by atoms with Gasteiger partial charge in [0.1, 0.15) is 12.1 Å². The molecular weight excluding hydrogens is 351 g/mol. The lowest BCUT2D eigenvalue weighted by molar-refractivity contribution is -0.138. The van der Waals surface area contributed by atoms with Crippen LogP contribution < -0.4 is 0 Å². The molecule has 6 nitrogen and oxygen atoms in total. The van der Waals surface area contributed by atoms with Crippen molar-refractivity contribution in [1.29, 1.82) is 0 Å². The molecule has 0 atom stereocenters. The van der Waals surface area contributed by atoms with Crippen LogP contribution in [0.15, 0.2) is 47.3 Å². The summed E-state index contributed by atoms with van der Waals surface area (Å²) in [5, 5.41) is 5.79. The largest absolute Gasteiger partial charge is 0.469 e. The summed E-state index contributed by atoms with van der Waals surface area (Å²) >= 11 is 0. The number of aromatic amines is 1. The average molecular weight is 363 g/mol. The third-order valence-corrected chi connectivity index (χ3v) is 3.64. The maximum absolute atomic E-state index is 13.0. The second-order valence-corrected chi connectivity index (χ2v) is 5.52. The van der Waals surface area contributed by atoms with Gasteiger partial charge in [-0.2, -0.15) is 18.3 Å². The van der Waals surface area contributed by atoms with E-state index in [4.69, 9.17) is 4.42 Å². The van der Waals surface area contributed by atoms with Crippen molar-refractivity contribution in [2.24, 2.45) is 0 Å². The number of rotatable bonds is 6. The summed E-state index contributed by atoms with van der Waals surface area (Å²) in [6, 6.07) is 6.64. The second kappa shape index (κ2) is 6.95. The molecule has 134 valence electrons. The monoisotopic (exact) mass is 363 g/mol. The SMILES string of the molecule is O=C(Cc1coc(Cc2ccccc2C(F)(F)F)c1)C(=O)c1ncn[nH]1. The molecule has 9 heteroatoms. The topological polar surface area (TPSA) is 88.8 Å². The maximum Gasteiger partial charge on any atom is 0.416 e. The molecule has 0 aliphatic heterocycles. The van der Waals surface area contributed by atoms with Crippen LogP contribution in [0.2, 0.25) is 0 Å². The number of carbonyl (C=O) groups is 2. The van der Waals surface area contributed by atoms with E-state index in [2.05, 4.69) is 15.2 Å². The molecule has 0 aliphatic carbocycles. The number of aromatic nitrogens is 3. The van der Waals surface area contributed by atoms with Crippen molar-refractivity contribution in [2.45, 2.75) is 19.0 Å².